The smallest absolute Gasteiger partial charge is 0.171 e. The topological polar surface area (TPSA) is 17.1 Å². The van der Waals surface area contributed by atoms with Gasteiger partial charge in [-0.15, -0.1) is 0 Å². The van der Waals surface area contributed by atoms with Crippen molar-refractivity contribution in [3.8, 4) is 11.1 Å². The van der Waals surface area contributed by atoms with E-state index in [-0.39, 0.29) is 0 Å². The molecule has 9 aromatic carbocycles. The van der Waals surface area contributed by atoms with Crippen molar-refractivity contribution in [3.63, 3.8) is 0 Å². The molecular weight excluding hydrogens is 575 g/mol. The van der Waals surface area contributed by atoms with E-state index in [1.54, 1.807) is 0 Å². The average molecular weight is 605 g/mol. The van der Waals surface area contributed by atoms with Crippen molar-refractivity contribution in [2.75, 3.05) is 0 Å². The van der Waals surface area contributed by atoms with Gasteiger partial charge in [0, 0.05) is 15.9 Å². The van der Waals surface area contributed by atoms with Gasteiger partial charge in [0.1, 0.15) is 0 Å². The highest BCUT2D eigenvalue weighted by Crippen LogP contribution is 2.47. The monoisotopic (exact) mass is 604 g/mol. The molecule has 0 aliphatic rings. The molecule has 9 aromatic rings. The molecule has 0 spiro atoms. The third-order valence-corrected chi connectivity index (χ3v) is 12.6. The van der Waals surface area contributed by atoms with Gasteiger partial charge in [-0.25, -0.2) is 0 Å². The summed E-state index contributed by atoms with van der Waals surface area (Å²) in [5.74, 6) is 0. The molecule has 0 unspecified atom stereocenters. The van der Waals surface area contributed by atoms with Crippen LogP contribution in [0.2, 0.25) is 0 Å². The molecule has 0 aliphatic heterocycles. The molecule has 0 amide bonds. The molecule has 0 fully saturated rings. The maximum atomic E-state index is 15.6. The van der Waals surface area contributed by atoms with Crippen LogP contribution in [0.4, 0.5) is 0 Å². The van der Waals surface area contributed by atoms with Crippen LogP contribution in [-0.4, -0.2) is 0 Å². The third-order valence-electron chi connectivity index (χ3n) is 9.52. The van der Waals surface area contributed by atoms with E-state index >= 15 is 4.57 Å². The Bertz CT molecular complexity index is 2520. The summed E-state index contributed by atoms with van der Waals surface area (Å²) in [6, 6.07) is 61.5. The Labute approximate surface area is 267 Å². The van der Waals surface area contributed by atoms with Crippen LogP contribution in [0.3, 0.4) is 0 Å². The highest BCUT2D eigenvalue weighted by atomic mass is 31.2. The Morgan fingerprint density at radius 3 is 1.39 bits per heavy atom. The van der Waals surface area contributed by atoms with E-state index in [1.807, 2.05) is 60.7 Å². The fourth-order valence-electron chi connectivity index (χ4n) is 7.41. The summed E-state index contributed by atoms with van der Waals surface area (Å²) in [7, 11) is -3.19. The number of fused-ring (bicyclic) bond motifs is 7. The van der Waals surface area contributed by atoms with Crippen LogP contribution in [0.1, 0.15) is 0 Å². The second kappa shape index (κ2) is 10.6. The fraction of sp³-hybridized carbons (Fsp3) is 0. The van der Waals surface area contributed by atoms with Crippen LogP contribution in [0.15, 0.2) is 176 Å². The maximum absolute atomic E-state index is 15.6. The molecule has 0 aromatic heterocycles. The van der Waals surface area contributed by atoms with Gasteiger partial charge in [0.15, 0.2) is 7.14 Å². The lowest BCUT2D eigenvalue weighted by Gasteiger charge is -2.23. The quantitative estimate of drug-likeness (QED) is 0.111. The molecule has 0 saturated heterocycles. The van der Waals surface area contributed by atoms with Crippen molar-refractivity contribution in [2.24, 2.45) is 0 Å². The van der Waals surface area contributed by atoms with Crippen LogP contribution >= 0.6 is 7.14 Å². The van der Waals surface area contributed by atoms with Gasteiger partial charge in [0.05, 0.1) is 0 Å². The van der Waals surface area contributed by atoms with E-state index in [9.17, 15) is 0 Å². The Morgan fingerprint density at radius 1 is 0.326 bits per heavy atom. The summed E-state index contributed by atoms with van der Waals surface area (Å²) < 4.78 is 15.6. The van der Waals surface area contributed by atoms with Crippen molar-refractivity contribution in [3.05, 3.63) is 176 Å². The second-order valence-corrected chi connectivity index (χ2v) is 14.7. The number of benzene rings is 9. The summed E-state index contributed by atoms with van der Waals surface area (Å²) in [5, 5.41) is 14.5. The third kappa shape index (κ3) is 3.99. The van der Waals surface area contributed by atoms with Crippen LogP contribution in [0.5, 0.6) is 0 Å². The molecule has 2 heteroatoms. The lowest BCUT2D eigenvalue weighted by molar-refractivity contribution is 0.592. The molecule has 0 N–H and O–H groups in total. The van der Waals surface area contributed by atoms with Gasteiger partial charge in [-0.3, -0.25) is 0 Å². The highest BCUT2D eigenvalue weighted by Gasteiger charge is 2.31. The van der Waals surface area contributed by atoms with Gasteiger partial charge in [-0.1, -0.05) is 170 Å². The minimum absolute atomic E-state index is 0.840. The van der Waals surface area contributed by atoms with Crippen molar-refractivity contribution >= 4 is 76.9 Å². The Kier molecular flexibility index (Phi) is 6.17. The number of hydrogen-bond donors (Lipinski definition) is 0. The summed E-state index contributed by atoms with van der Waals surface area (Å²) in [5.41, 5.74) is 2.36. The van der Waals surface area contributed by atoms with E-state index in [2.05, 4.69) is 115 Å². The predicted molar refractivity (Wildman–Crippen MR) is 199 cm³/mol. The van der Waals surface area contributed by atoms with Gasteiger partial charge < -0.3 is 4.57 Å². The molecule has 46 heavy (non-hydrogen) atoms. The van der Waals surface area contributed by atoms with Crippen molar-refractivity contribution < 1.29 is 4.57 Å². The molecule has 216 valence electrons. The summed E-state index contributed by atoms with van der Waals surface area (Å²) in [6.45, 7) is 0. The van der Waals surface area contributed by atoms with Gasteiger partial charge >= 0.3 is 0 Å². The minimum atomic E-state index is -3.19. The number of hydrogen-bond acceptors (Lipinski definition) is 1. The first-order chi connectivity index (χ1) is 22.7. The molecule has 0 radical (unpaired) electrons. The standard InChI is InChI=1S/C44H29OP/c45-46(32-15-3-1-4-16-32,33-17-5-2-6-18-33)43-24-12-21-36-37(43)22-11-23-38(36)44-39-27-25-30-13-7-9-19-34(30)41(39)29-42-35-20-10-8-14-31(35)26-28-40(42)44/h1-29H. The first kappa shape index (κ1) is 26.9. The van der Waals surface area contributed by atoms with Crippen molar-refractivity contribution in [1.29, 1.82) is 0 Å². The van der Waals surface area contributed by atoms with Gasteiger partial charge in [-0.05, 0) is 71.1 Å². The van der Waals surface area contributed by atoms with Crippen LogP contribution in [-0.2, 0) is 4.57 Å². The summed E-state index contributed by atoms with van der Waals surface area (Å²) in [4.78, 5) is 0. The van der Waals surface area contributed by atoms with E-state index in [0.717, 1.165) is 32.2 Å². The normalized spacial score (nSPS) is 12.0. The van der Waals surface area contributed by atoms with Crippen molar-refractivity contribution in [2.45, 2.75) is 0 Å². The lowest BCUT2D eigenvalue weighted by atomic mass is 9.86. The summed E-state index contributed by atoms with van der Waals surface area (Å²) >= 11 is 0. The predicted octanol–water partition coefficient (Wildman–Crippen LogP) is 10.8. The van der Waals surface area contributed by atoms with Crippen molar-refractivity contribution in [1.82, 2.24) is 0 Å². The zero-order valence-electron chi connectivity index (χ0n) is 25.1. The zero-order valence-corrected chi connectivity index (χ0v) is 26.0. The first-order valence-electron chi connectivity index (χ1n) is 15.7. The molecule has 0 atom stereocenters. The molecule has 0 heterocycles. The molecular formula is C44H29OP. The fourth-order valence-corrected chi connectivity index (χ4v) is 10.3. The highest BCUT2D eigenvalue weighted by molar-refractivity contribution is 7.85. The average Bonchev–Trinajstić information content (AvgIpc) is 3.13. The zero-order chi connectivity index (χ0) is 30.7. The largest absolute Gasteiger partial charge is 0.309 e. The Hall–Kier alpha value is -5.49. The second-order valence-electron chi connectivity index (χ2n) is 12.0. The lowest BCUT2D eigenvalue weighted by Crippen LogP contribution is -2.25. The first-order valence-corrected chi connectivity index (χ1v) is 17.4. The van der Waals surface area contributed by atoms with Gasteiger partial charge in [-0.2, -0.15) is 0 Å². The Morgan fingerprint density at radius 2 is 0.804 bits per heavy atom. The van der Waals surface area contributed by atoms with E-state index in [1.165, 1.54) is 48.7 Å². The van der Waals surface area contributed by atoms with Gasteiger partial charge in [0.2, 0.25) is 0 Å². The number of rotatable bonds is 4. The van der Waals surface area contributed by atoms with E-state index in [0.29, 0.717) is 0 Å². The summed E-state index contributed by atoms with van der Waals surface area (Å²) in [6.07, 6.45) is 0. The Balaban J connectivity index is 1.42. The van der Waals surface area contributed by atoms with Crippen LogP contribution in [0, 0.1) is 0 Å². The van der Waals surface area contributed by atoms with Crippen LogP contribution < -0.4 is 15.9 Å². The molecule has 9 rings (SSSR count). The molecule has 0 aliphatic carbocycles. The minimum Gasteiger partial charge on any atom is -0.309 e. The SMILES string of the molecule is O=P(c1ccccc1)(c1ccccc1)c1cccc2c(-c3c4ccc5ccccc5c4cc4c3ccc3ccccc34)cccc12. The van der Waals surface area contributed by atoms with E-state index < -0.39 is 7.14 Å². The molecule has 1 nitrogen and oxygen atoms in total. The van der Waals surface area contributed by atoms with E-state index in [4.69, 9.17) is 0 Å². The van der Waals surface area contributed by atoms with Gasteiger partial charge in [0.25, 0.3) is 0 Å². The molecule has 0 saturated carbocycles. The molecule has 0 bridgehead atoms. The van der Waals surface area contributed by atoms with Crippen LogP contribution in [0.25, 0.3) is 65.0 Å². The maximum Gasteiger partial charge on any atom is 0.171 e.